The van der Waals surface area contributed by atoms with Crippen LogP contribution in [0.2, 0.25) is 0 Å². The van der Waals surface area contributed by atoms with Crippen molar-refractivity contribution in [3.8, 4) is 5.75 Å². The van der Waals surface area contributed by atoms with Gasteiger partial charge in [0, 0.05) is 0 Å². The topological polar surface area (TPSA) is 77.5 Å². The molecule has 1 saturated carbocycles. The van der Waals surface area contributed by atoms with Gasteiger partial charge in [-0.3, -0.25) is 14.9 Å². The Morgan fingerprint density at radius 1 is 1.45 bits per heavy atom. The van der Waals surface area contributed by atoms with E-state index in [-0.39, 0.29) is 24.4 Å². The van der Waals surface area contributed by atoms with E-state index in [2.05, 4.69) is 10.3 Å². The second-order valence-corrected chi connectivity index (χ2v) is 6.36. The molecule has 0 aliphatic heterocycles. The van der Waals surface area contributed by atoms with Gasteiger partial charge in [0.2, 0.25) is 0 Å². The number of rotatable bonds is 5. The lowest BCUT2D eigenvalue weighted by Crippen LogP contribution is -2.21. The SMILES string of the molecule is COc1ccc2nc(NC(=O)COC(=O)C3CC3C)sc2c1. The van der Waals surface area contributed by atoms with E-state index >= 15 is 0 Å². The highest BCUT2D eigenvalue weighted by Gasteiger charge is 2.40. The molecule has 1 aliphatic rings. The van der Waals surface area contributed by atoms with Crippen LogP contribution in [0.1, 0.15) is 13.3 Å². The Morgan fingerprint density at radius 2 is 2.23 bits per heavy atom. The summed E-state index contributed by atoms with van der Waals surface area (Å²) >= 11 is 1.34. The first kappa shape index (κ1) is 14.8. The molecule has 116 valence electrons. The largest absolute Gasteiger partial charge is 0.497 e. The number of ether oxygens (including phenoxy) is 2. The van der Waals surface area contributed by atoms with Crippen LogP contribution in [0.15, 0.2) is 18.2 Å². The first-order valence-corrected chi connectivity index (χ1v) is 7.79. The molecule has 0 spiro atoms. The van der Waals surface area contributed by atoms with Crippen molar-refractivity contribution < 1.29 is 19.1 Å². The van der Waals surface area contributed by atoms with Gasteiger partial charge in [0.1, 0.15) is 5.75 Å². The van der Waals surface area contributed by atoms with Crippen molar-refractivity contribution in [2.45, 2.75) is 13.3 Å². The summed E-state index contributed by atoms with van der Waals surface area (Å²) in [5.74, 6) is 0.392. The second kappa shape index (κ2) is 5.92. The van der Waals surface area contributed by atoms with E-state index < -0.39 is 0 Å². The molecule has 2 aromatic rings. The maximum Gasteiger partial charge on any atom is 0.309 e. The molecular weight excluding hydrogens is 304 g/mol. The third-order valence-corrected chi connectivity index (χ3v) is 4.53. The monoisotopic (exact) mass is 320 g/mol. The predicted octanol–water partition coefficient (Wildman–Crippen LogP) is 2.44. The van der Waals surface area contributed by atoms with Gasteiger partial charge in [-0.25, -0.2) is 4.98 Å². The zero-order chi connectivity index (χ0) is 15.7. The molecule has 0 saturated heterocycles. The number of hydrogen-bond acceptors (Lipinski definition) is 6. The summed E-state index contributed by atoms with van der Waals surface area (Å²) in [5, 5.41) is 3.12. The molecule has 6 nitrogen and oxygen atoms in total. The molecule has 3 rings (SSSR count). The van der Waals surface area contributed by atoms with Crippen LogP contribution in [0.25, 0.3) is 10.2 Å². The lowest BCUT2D eigenvalue weighted by atomic mass is 10.3. The zero-order valence-electron chi connectivity index (χ0n) is 12.3. The Morgan fingerprint density at radius 3 is 2.91 bits per heavy atom. The minimum absolute atomic E-state index is 0.0392. The van der Waals surface area contributed by atoms with Crippen LogP contribution in [-0.2, 0) is 14.3 Å². The van der Waals surface area contributed by atoms with E-state index in [1.54, 1.807) is 7.11 Å². The van der Waals surface area contributed by atoms with E-state index in [1.807, 2.05) is 25.1 Å². The number of hydrogen-bond donors (Lipinski definition) is 1. The standard InChI is InChI=1S/C15H16N2O4S/c1-8-5-10(8)14(19)21-7-13(18)17-15-16-11-4-3-9(20-2)6-12(11)22-15/h3-4,6,8,10H,5,7H2,1-2H3,(H,16,17,18). The zero-order valence-corrected chi connectivity index (χ0v) is 13.1. The molecule has 1 N–H and O–H groups in total. The minimum atomic E-state index is -0.382. The summed E-state index contributed by atoms with van der Waals surface area (Å²) in [6.07, 6.45) is 0.847. The molecule has 1 aromatic heterocycles. The quantitative estimate of drug-likeness (QED) is 0.856. The summed E-state index contributed by atoms with van der Waals surface area (Å²) < 4.78 is 11.1. The highest BCUT2D eigenvalue weighted by atomic mass is 32.1. The molecule has 1 aromatic carbocycles. The Kier molecular flexibility index (Phi) is 3.98. The summed E-state index contributed by atoms with van der Waals surface area (Å²) in [5.41, 5.74) is 0.782. The van der Waals surface area contributed by atoms with E-state index in [4.69, 9.17) is 9.47 Å². The van der Waals surface area contributed by atoms with Crippen molar-refractivity contribution >= 4 is 38.6 Å². The van der Waals surface area contributed by atoms with Crippen molar-refractivity contribution in [1.82, 2.24) is 4.98 Å². The number of nitrogens with zero attached hydrogens (tertiary/aromatic N) is 1. The summed E-state index contributed by atoms with van der Waals surface area (Å²) in [7, 11) is 1.60. The fraction of sp³-hybridized carbons (Fsp3) is 0.400. The first-order valence-electron chi connectivity index (χ1n) is 6.98. The van der Waals surface area contributed by atoms with Crippen molar-refractivity contribution in [3.05, 3.63) is 18.2 Å². The highest BCUT2D eigenvalue weighted by molar-refractivity contribution is 7.22. The number of esters is 1. The predicted molar refractivity (Wildman–Crippen MR) is 83.0 cm³/mol. The van der Waals surface area contributed by atoms with Gasteiger partial charge in [0.05, 0.1) is 23.2 Å². The van der Waals surface area contributed by atoms with Gasteiger partial charge < -0.3 is 9.47 Å². The number of anilines is 1. The van der Waals surface area contributed by atoms with E-state index in [0.717, 1.165) is 22.4 Å². The van der Waals surface area contributed by atoms with Crippen LogP contribution < -0.4 is 10.1 Å². The number of thiazole rings is 1. The van der Waals surface area contributed by atoms with Gasteiger partial charge >= 0.3 is 5.97 Å². The van der Waals surface area contributed by atoms with Crippen LogP contribution in [0.3, 0.4) is 0 Å². The van der Waals surface area contributed by atoms with Crippen molar-refractivity contribution in [2.24, 2.45) is 11.8 Å². The van der Waals surface area contributed by atoms with Crippen LogP contribution in [-0.4, -0.2) is 30.6 Å². The van der Waals surface area contributed by atoms with E-state index in [0.29, 0.717) is 11.0 Å². The number of benzene rings is 1. The lowest BCUT2D eigenvalue weighted by molar-refractivity contribution is -0.148. The molecule has 22 heavy (non-hydrogen) atoms. The van der Waals surface area contributed by atoms with Crippen LogP contribution in [0.5, 0.6) is 5.75 Å². The van der Waals surface area contributed by atoms with Crippen molar-refractivity contribution in [3.63, 3.8) is 0 Å². The Balaban J connectivity index is 1.58. The van der Waals surface area contributed by atoms with Crippen LogP contribution in [0.4, 0.5) is 5.13 Å². The van der Waals surface area contributed by atoms with Gasteiger partial charge in [0.25, 0.3) is 5.91 Å². The molecule has 1 fully saturated rings. The number of carbonyl (C=O) groups excluding carboxylic acids is 2. The van der Waals surface area contributed by atoms with Gasteiger partial charge in [-0.15, -0.1) is 0 Å². The number of methoxy groups -OCH3 is 1. The lowest BCUT2D eigenvalue weighted by Gasteiger charge is -2.03. The Labute approximate surface area is 131 Å². The Bertz CT molecular complexity index is 727. The van der Waals surface area contributed by atoms with Crippen LogP contribution >= 0.6 is 11.3 Å². The summed E-state index contributed by atoms with van der Waals surface area (Å²) in [6.45, 7) is 1.71. The number of nitrogens with one attached hydrogen (secondary N) is 1. The van der Waals surface area contributed by atoms with E-state index in [1.165, 1.54) is 11.3 Å². The molecule has 1 heterocycles. The fourth-order valence-corrected chi connectivity index (χ4v) is 3.05. The molecular formula is C15H16N2O4S. The van der Waals surface area contributed by atoms with Gasteiger partial charge in [-0.05, 0) is 30.5 Å². The van der Waals surface area contributed by atoms with Crippen molar-refractivity contribution in [2.75, 3.05) is 19.0 Å². The van der Waals surface area contributed by atoms with E-state index in [9.17, 15) is 9.59 Å². The summed E-state index contributed by atoms with van der Waals surface area (Å²) in [4.78, 5) is 27.7. The smallest absolute Gasteiger partial charge is 0.309 e. The summed E-state index contributed by atoms with van der Waals surface area (Å²) in [6, 6.07) is 5.50. The average molecular weight is 320 g/mol. The number of carbonyl (C=O) groups is 2. The second-order valence-electron chi connectivity index (χ2n) is 5.33. The fourth-order valence-electron chi connectivity index (χ4n) is 2.13. The van der Waals surface area contributed by atoms with Gasteiger partial charge in [0.15, 0.2) is 11.7 Å². The Hall–Kier alpha value is -2.15. The molecule has 2 unspecified atom stereocenters. The van der Waals surface area contributed by atoms with Gasteiger partial charge in [-0.1, -0.05) is 18.3 Å². The maximum atomic E-state index is 11.8. The van der Waals surface area contributed by atoms with Crippen molar-refractivity contribution in [1.29, 1.82) is 0 Å². The first-order chi connectivity index (χ1) is 10.6. The maximum absolute atomic E-state index is 11.8. The third kappa shape index (κ3) is 3.19. The molecule has 1 amide bonds. The normalized spacial score (nSPS) is 19.7. The molecule has 7 heteroatoms. The van der Waals surface area contributed by atoms with Crippen LogP contribution in [0, 0.1) is 11.8 Å². The van der Waals surface area contributed by atoms with Gasteiger partial charge in [-0.2, -0.15) is 0 Å². The third-order valence-electron chi connectivity index (χ3n) is 3.60. The number of amides is 1. The average Bonchev–Trinajstić information content (AvgIpc) is 3.09. The highest BCUT2D eigenvalue weighted by Crippen LogP contribution is 2.38. The molecule has 1 aliphatic carbocycles. The molecule has 0 bridgehead atoms. The molecule has 2 atom stereocenters. The number of fused-ring (bicyclic) bond motifs is 1. The molecule has 0 radical (unpaired) electrons. The number of aromatic nitrogens is 1. The minimum Gasteiger partial charge on any atom is -0.497 e.